The molecular weight excluding hydrogens is 388 g/mol. The maximum Gasteiger partial charge on any atom is 0.248 e. The zero-order chi connectivity index (χ0) is 20.4. The monoisotopic (exact) mass is 412 g/mol. The summed E-state index contributed by atoms with van der Waals surface area (Å²) in [7, 11) is 0. The van der Waals surface area contributed by atoms with E-state index in [1.807, 2.05) is 47.4 Å². The summed E-state index contributed by atoms with van der Waals surface area (Å²) in [5.41, 5.74) is 8.04. The van der Waals surface area contributed by atoms with Crippen LogP contribution in [-0.2, 0) is 17.9 Å². The van der Waals surface area contributed by atoms with E-state index >= 15 is 0 Å². The van der Waals surface area contributed by atoms with Crippen LogP contribution in [0, 0.1) is 0 Å². The van der Waals surface area contributed by atoms with Crippen LogP contribution in [0.5, 0.6) is 0 Å². The normalized spacial score (nSPS) is 20.5. The van der Waals surface area contributed by atoms with Crippen molar-refractivity contribution >= 4 is 23.4 Å². The predicted octanol–water partition coefficient (Wildman–Crippen LogP) is 1.97. The van der Waals surface area contributed by atoms with Gasteiger partial charge < -0.3 is 10.6 Å². The highest BCUT2D eigenvalue weighted by molar-refractivity contribution is 6.30. The number of carbonyl (C=O) groups is 2. The SMILES string of the molecule is NC(=O)c1cccc(CN2CCN3CCN(Cc4ccc(Cl)cc4)C(=O)C3C2)c1. The van der Waals surface area contributed by atoms with Crippen molar-refractivity contribution in [1.29, 1.82) is 0 Å². The molecule has 29 heavy (non-hydrogen) atoms. The molecule has 2 aliphatic rings. The summed E-state index contributed by atoms with van der Waals surface area (Å²) in [6, 6.07) is 15.0. The number of nitrogens with two attached hydrogens (primary N) is 1. The van der Waals surface area contributed by atoms with E-state index in [2.05, 4.69) is 9.80 Å². The van der Waals surface area contributed by atoms with Gasteiger partial charge in [-0.3, -0.25) is 19.4 Å². The summed E-state index contributed by atoms with van der Waals surface area (Å²) >= 11 is 5.97. The quantitative estimate of drug-likeness (QED) is 0.815. The molecule has 2 aromatic carbocycles. The van der Waals surface area contributed by atoms with Crippen LogP contribution in [0.25, 0.3) is 0 Å². The zero-order valence-electron chi connectivity index (χ0n) is 16.3. The second kappa shape index (κ2) is 8.53. The second-order valence-corrected chi connectivity index (χ2v) is 8.17. The number of hydrogen-bond donors (Lipinski definition) is 1. The van der Waals surface area contributed by atoms with Crippen LogP contribution >= 0.6 is 11.6 Å². The smallest absolute Gasteiger partial charge is 0.248 e. The molecule has 1 atom stereocenters. The van der Waals surface area contributed by atoms with Gasteiger partial charge in [0.05, 0.1) is 0 Å². The predicted molar refractivity (Wildman–Crippen MR) is 112 cm³/mol. The van der Waals surface area contributed by atoms with E-state index in [0.29, 0.717) is 30.2 Å². The molecule has 2 fully saturated rings. The summed E-state index contributed by atoms with van der Waals surface area (Å²) in [4.78, 5) is 31.1. The Morgan fingerprint density at radius 1 is 1.00 bits per heavy atom. The van der Waals surface area contributed by atoms with Gasteiger partial charge in [0.1, 0.15) is 6.04 Å². The number of amides is 2. The van der Waals surface area contributed by atoms with Crippen molar-refractivity contribution in [3.8, 4) is 0 Å². The van der Waals surface area contributed by atoms with Crippen molar-refractivity contribution in [2.24, 2.45) is 5.73 Å². The lowest BCUT2D eigenvalue weighted by Gasteiger charge is -2.46. The number of rotatable bonds is 5. The number of carbonyl (C=O) groups excluding carboxylic acids is 2. The number of nitrogens with zero attached hydrogens (tertiary/aromatic N) is 3. The fourth-order valence-corrected chi connectivity index (χ4v) is 4.27. The summed E-state index contributed by atoms with van der Waals surface area (Å²) in [5.74, 6) is -0.237. The highest BCUT2D eigenvalue weighted by atomic mass is 35.5. The molecule has 0 radical (unpaired) electrons. The van der Waals surface area contributed by atoms with Crippen LogP contribution in [0.4, 0.5) is 0 Å². The maximum absolute atomic E-state index is 13.1. The fraction of sp³-hybridized carbons (Fsp3) is 0.364. The first-order valence-corrected chi connectivity index (χ1v) is 10.3. The molecule has 2 aromatic rings. The van der Waals surface area contributed by atoms with Crippen LogP contribution in [-0.4, -0.2) is 65.3 Å². The van der Waals surface area contributed by atoms with Crippen molar-refractivity contribution in [1.82, 2.24) is 14.7 Å². The van der Waals surface area contributed by atoms with Gasteiger partial charge in [0.2, 0.25) is 11.8 Å². The van der Waals surface area contributed by atoms with Gasteiger partial charge in [-0.25, -0.2) is 0 Å². The van der Waals surface area contributed by atoms with Crippen molar-refractivity contribution in [3.63, 3.8) is 0 Å². The highest BCUT2D eigenvalue weighted by Gasteiger charge is 2.38. The minimum atomic E-state index is -0.419. The van der Waals surface area contributed by atoms with Crippen molar-refractivity contribution in [2.75, 3.05) is 32.7 Å². The molecule has 0 aliphatic carbocycles. The number of fused-ring (bicyclic) bond motifs is 1. The molecule has 4 rings (SSSR count). The lowest BCUT2D eigenvalue weighted by Crippen LogP contribution is -2.64. The van der Waals surface area contributed by atoms with E-state index in [1.165, 1.54) is 0 Å². The van der Waals surface area contributed by atoms with E-state index in [4.69, 9.17) is 17.3 Å². The molecule has 6 nitrogen and oxygen atoms in total. The minimum Gasteiger partial charge on any atom is -0.366 e. The summed E-state index contributed by atoms with van der Waals surface area (Å²) in [6.07, 6.45) is 0. The Labute approximate surface area is 175 Å². The average molecular weight is 413 g/mol. The molecule has 2 amide bonds. The molecule has 2 saturated heterocycles. The van der Waals surface area contributed by atoms with Gasteiger partial charge in [0.15, 0.2) is 0 Å². The van der Waals surface area contributed by atoms with E-state index < -0.39 is 5.91 Å². The van der Waals surface area contributed by atoms with Crippen LogP contribution in [0.15, 0.2) is 48.5 Å². The van der Waals surface area contributed by atoms with Gasteiger partial charge in [-0.05, 0) is 35.4 Å². The first-order valence-electron chi connectivity index (χ1n) is 9.88. The number of benzene rings is 2. The van der Waals surface area contributed by atoms with Gasteiger partial charge >= 0.3 is 0 Å². The van der Waals surface area contributed by atoms with Crippen LogP contribution < -0.4 is 5.73 Å². The molecular formula is C22H25ClN4O2. The summed E-state index contributed by atoms with van der Waals surface area (Å²) < 4.78 is 0. The molecule has 0 bridgehead atoms. The topological polar surface area (TPSA) is 69.9 Å². The average Bonchev–Trinajstić information content (AvgIpc) is 2.72. The van der Waals surface area contributed by atoms with Gasteiger partial charge in [-0.1, -0.05) is 35.9 Å². The molecule has 0 aromatic heterocycles. The molecule has 152 valence electrons. The maximum atomic E-state index is 13.1. The fourth-order valence-electron chi connectivity index (χ4n) is 4.14. The van der Waals surface area contributed by atoms with Crippen molar-refractivity contribution in [2.45, 2.75) is 19.1 Å². The highest BCUT2D eigenvalue weighted by Crippen LogP contribution is 2.21. The van der Waals surface area contributed by atoms with Crippen LogP contribution in [0.1, 0.15) is 21.5 Å². The molecule has 1 unspecified atom stereocenters. The Bertz CT molecular complexity index is 902. The van der Waals surface area contributed by atoms with E-state index in [0.717, 1.165) is 37.3 Å². The van der Waals surface area contributed by atoms with Crippen LogP contribution in [0.2, 0.25) is 5.02 Å². The van der Waals surface area contributed by atoms with Gasteiger partial charge in [-0.2, -0.15) is 0 Å². The van der Waals surface area contributed by atoms with Crippen molar-refractivity contribution < 1.29 is 9.59 Å². The molecule has 0 spiro atoms. The Kier molecular flexibility index (Phi) is 5.85. The molecule has 0 saturated carbocycles. The third-order valence-corrected chi connectivity index (χ3v) is 5.99. The second-order valence-electron chi connectivity index (χ2n) is 7.74. The third-order valence-electron chi connectivity index (χ3n) is 5.73. The summed E-state index contributed by atoms with van der Waals surface area (Å²) in [5, 5.41) is 0.702. The Morgan fingerprint density at radius 2 is 1.76 bits per heavy atom. The lowest BCUT2D eigenvalue weighted by atomic mass is 10.0. The van der Waals surface area contributed by atoms with Gasteiger partial charge in [0.25, 0.3) is 0 Å². The van der Waals surface area contributed by atoms with E-state index in [9.17, 15) is 9.59 Å². The standard InChI is InChI=1S/C22H25ClN4O2/c23-19-6-4-16(5-7-19)14-27-11-10-26-9-8-25(15-20(26)22(27)29)13-17-2-1-3-18(12-17)21(24)28/h1-7,12,20H,8-11,13-15H2,(H2,24,28). The Morgan fingerprint density at radius 3 is 2.52 bits per heavy atom. The first kappa shape index (κ1) is 19.9. The molecule has 7 heteroatoms. The van der Waals surface area contributed by atoms with E-state index in [1.54, 1.807) is 6.07 Å². The minimum absolute atomic E-state index is 0.121. The van der Waals surface area contributed by atoms with E-state index in [-0.39, 0.29) is 11.9 Å². The number of piperazine rings is 2. The van der Waals surface area contributed by atoms with Gasteiger partial charge in [-0.15, -0.1) is 0 Å². The first-order chi connectivity index (χ1) is 14.0. The lowest BCUT2D eigenvalue weighted by molar-refractivity contribution is -0.146. The Balaban J connectivity index is 1.41. The number of hydrogen-bond acceptors (Lipinski definition) is 4. The van der Waals surface area contributed by atoms with Crippen LogP contribution in [0.3, 0.4) is 0 Å². The zero-order valence-corrected chi connectivity index (χ0v) is 17.0. The number of primary amides is 1. The van der Waals surface area contributed by atoms with Crippen molar-refractivity contribution in [3.05, 3.63) is 70.2 Å². The number of halogens is 1. The molecule has 2 heterocycles. The summed E-state index contributed by atoms with van der Waals surface area (Å²) in [6.45, 7) is 5.43. The Hall–Kier alpha value is -2.41. The molecule has 2 aliphatic heterocycles. The largest absolute Gasteiger partial charge is 0.366 e. The third kappa shape index (κ3) is 4.61. The molecule has 2 N–H and O–H groups in total. The van der Waals surface area contributed by atoms with Gasteiger partial charge in [0, 0.05) is 56.4 Å².